The van der Waals surface area contributed by atoms with Crippen LogP contribution in [0.2, 0.25) is 0 Å². The molecule has 4 nitrogen and oxygen atoms in total. The summed E-state index contributed by atoms with van der Waals surface area (Å²) < 4.78 is 11.7. The van der Waals surface area contributed by atoms with Crippen LogP contribution < -0.4 is 5.32 Å². The number of nitrogens with zero attached hydrogens (tertiary/aromatic N) is 1. The number of nitrogens with one attached hydrogen (secondary N) is 1. The van der Waals surface area contributed by atoms with E-state index < -0.39 is 0 Å². The molecule has 4 heteroatoms. The summed E-state index contributed by atoms with van der Waals surface area (Å²) in [5.74, 6) is 2.81. The summed E-state index contributed by atoms with van der Waals surface area (Å²) in [4.78, 5) is 2.43. The fourth-order valence-corrected chi connectivity index (χ4v) is 2.76. The van der Waals surface area contributed by atoms with Crippen molar-refractivity contribution >= 4 is 0 Å². The Morgan fingerprint density at radius 1 is 1.43 bits per heavy atom. The van der Waals surface area contributed by atoms with Crippen molar-refractivity contribution in [2.75, 3.05) is 26.2 Å². The molecule has 0 spiro atoms. The van der Waals surface area contributed by atoms with Crippen LogP contribution in [0.3, 0.4) is 0 Å². The second-order valence-electron chi connectivity index (χ2n) is 6.61. The first kappa shape index (κ1) is 16.5. The van der Waals surface area contributed by atoms with Gasteiger partial charge < -0.3 is 14.5 Å². The summed E-state index contributed by atoms with van der Waals surface area (Å²) >= 11 is 0. The van der Waals surface area contributed by atoms with Crippen LogP contribution in [0.5, 0.6) is 0 Å². The topological polar surface area (TPSA) is 37.6 Å². The van der Waals surface area contributed by atoms with Crippen molar-refractivity contribution < 1.29 is 9.15 Å². The van der Waals surface area contributed by atoms with Crippen LogP contribution in [-0.2, 0) is 17.8 Å². The number of furan rings is 1. The first-order valence-electron chi connectivity index (χ1n) is 8.17. The standard InChI is InChI=1S/C17H30N2O2/c1-13(2)9-18-10-17-14(3)8-16(21-17)12-19-6-5-7-20-15(4)11-19/h8,13,15,18H,5-7,9-12H2,1-4H3. The molecule has 1 aromatic heterocycles. The fourth-order valence-electron chi connectivity index (χ4n) is 2.76. The maximum Gasteiger partial charge on any atom is 0.120 e. The van der Waals surface area contributed by atoms with Gasteiger partial charge in [-0.15, -0.1) is 0 Å². The quantitative estimate of drug-likeness (QED) is 0.875. The van der Waals surface area contributed by atoms with Crippen LogP contribution in [0, 0.1) is 12.8 Å². The molecule has 1 saturated heterocycles. The summed E-state index contributed by atoms with van der Waals surface area (Å²) in [5, 5.41) is 3.45. The number of ether oxygens (including phenoxy) is 1. The normalized spacial score (nSPS) is 20.9. The van der Waals surface area contributed by atoms with E-state index in [1.54, 1.807) is 0 Å². The zero-order chi connectivity index (χ0) is 15.2. The Morgan fingerprint density at radius 3 is 3.00 bits per heavy atom. The zero-order valence-corrected chi connectivity index (χ0v) is 13.9. The Labute approximate surface area is 128 Å². The molecule has 2 rings (SSSR count). The summed E-state index contributed by atoms with van der Waals surface area (Å²) in [6.45, 7) is 14.4. The molecule has 0 saturated carbocycles. The highest BCUT2D eigenvalue weighted by Gasteiger charge is 2.17. The number of aryl methyl sites for hydroxylation is 1. The van der Waals surface area contributed by atoms with Gasteiger partial charge in [0.2, 0.25) is 0 Å². The molecular weight excluding hydrogens is 264 g/mol. The van der Waals surface area contributed by atoms with Crippen LogP contribution in [0.25, 0.3) is 0 Å². The molecule has 1 N–H and O–H groups in total. The molecule has 0 aliphatic carbocycles. The minimum Gasteiger partial charge on any atom is -0.463 e. The molecule has 120 valence electrons. The first-order chi connectivity index (χ1) is 10.0. The predicted octanol–water partition coefficient (Wildman–Crippen LogP) is 2.94. The van der Waals surface area contributed by atoms with Gasteiger partial charge in [-0.25, -0.2) is 0 Å². The third-order valence-electron chi connectivity index (χ3n) is 3.83. The molecule has 1 unspecified atom stereocenters. The van der Waals surface area contributed by atoms with Gasteiger partial charge in [-0.05, 0) is 44.4 Å². The minimum absolute atomic E-state index is 0.315. The highest BCUT2D eigenvalue weighted by atomic mass is 16.5. The Balaban J connectivity index is 1.88. The van der Waals surface area contributed by atoms with E-state index in [1.165, 1.54) is 5.56 Å². The highest BCUT2D eigenvalue weighted by Crippen LogP contribution is 2.18. The molecule has 1 aromatic rings. The lowest BCUT2D eigenvalue weighted by Gasteiger charge is -2.20. The Morgan fingerprint density at radius 2 is 2.24 bits per heavy atom. The number of rotatable bonds is 6. The van der Waals surface area contributed by atoms with E-state index in [4.69, 9.17) is 9.15 Å². The van der Waals surface area contributed by atoms with E-state index >= 15 is 0 Å². The van der Waals surface area contributed by atoms with Crippen molar-refractivity contribution in [2.45, 2.75) is 53.3 Å². The number of hydrogen-bond donors (Lipinski definition) is 1. The SMILES string of the molecule is Cc1cc(CN2CCCOC(C)C2)oc1CNCC(C)C. The van der Waals surface area contributed by atoms with E-state index in [2.05, 4.69) is 44.0 Å². The number of hydrogen-bond acceptors (Lipinski definition) is 4. The largest absolute Gasteiger partial charge is 0.463 e. The van der Waals surface area contributed by atoms with Crippen molar-refractivity contribution in [1.29, 1.82) is 0 Å². The molecule has 1 atom stereocenters. The first-order valence-corrected chi connectivity index (χ1v) is 8.17. The highest BCUT2D eigenvalue weighted by molar-refractivity contribution is 5.20. The van der Waals surface area contributed by atoms with Crippen molar-refractivity contribution in [3.63, 3.8) is 0 Å². The van der Waals surface area contributed by atoms with Crippen LogP contribution in [0.15, 0.2) is 10.5 Å². The fraction of sp³-hybridized carbons (Fsp3) is 0.765. The van der Waals surface area contributed by atoms with Crippen molar-refractivity contribution in [3.8, 4) is 0 Å². The average molecular weight is 294 g/mol. The van der Waals surface area contributed by atoms with Crippen molar-refractivity contribution in [3.05, 3.63) is 23.2 Å². The van der Waals surface area contributed by atoms with Gasteiger partial charge in [-0.1, -0.05) is 13.8 Å². The smallest absolute Gasteiger partial charge is 0.120 e. The monoisotopic (exact) mass is 294 g/mol. The summed E-state index contributed by atoms with van der Waals surface area (Å²) in [6.07, 6.45) is 1.42. The molecule has 1 aliphatic rings. The average Bonchev–Trinajstić information content (AvgIpc) is 2.61. The third kappa shape index (κ3) is 5.46. The van der Waals surface area contributed by atoms with Gasteiger partial charge in [0.1, 0.15) is 11.5 Å². The lowest BCUT2D eigenvalue weighted by Crippen LogP contribution is -2.29. The summed E-state index contributed by atoms with van der Waals surface area (Å²) in [5.41, 5.74) is 1.25. The minimum atomic E-state index is 0.315. The maximum atomic E-state index is 6.03. The summed E-state index contributed by atoms with van der Waals surface area (Å²) in [7, 11) is 0. The molecule has 21 heavy (non-hydrogen) atoms. The second-order valence-corrected chi connectivity index (χ2v) is 6.61. The van der Waals surface area contributed by atoms with Crippen LogP contribution in [0.1, 0.15) is 44.3 Å². The second kappa shape index (κ2) is 7.97. The van der Waals surface area contributed by atoms with Crippen LogP contribution in [-0.4, -0.2) is 37.2 Å². The molecule has 2 heterocycles. The molecular formula is C17H30N2O2. The molecule has 1 aliphatic heterocycles. The van der Waals surface area contributed by atoms with Gasteiger partial charge in [0.15, 0.2) is 0 Å². The molecule has 0 radical (unpaired) electrons. The van der Waals surface area contributed by atoms with Crippen LogP contribution in [0.4, 0.5) is 0 Å². The van der Waals surface area contributed by atoms with Crippen molar-refractivity contribution in [1.82, 2.24) is 10.2 Å². The molecule has 0 amide bonds. The lowest BCUT2D eigenvalue weighted by atomic mass is 10.2. The maximum absolute atomic E-state index is 6.03. The summed E-state index contributed by atoms with van der Waals surface area (Å²) in [6, 6.07) is 2.18. The van der Waals surface area contributed by atoms with E-state index in [9.17, 15) is 0 Å². The van der Waals surface area contributed by atoms with Gasteiger partial charge in [0.25, 0.3) is 0 Å². The predicted molar refractivity (Wildman–Crippen MR) is 85.3 cm³/mol. The van der Waals surface area contributed by atoms with Crippen LogP contribution >= 0.6 is 0 Å². The Bertz CT molecular complexity index is 428. The molecule has 0 bridgehead atoms. The van der Waals surface area contributed by atoms with E-state index in [0.717, 1.165) is 57.3 Å². The van der Waals surface area contributed by atoms with Gasteiger partial charge in [-0.3, -0.25) is 4.90 Å². The van der Waals surface area contributed by atoms with E-state index in [0.29, 0.717) is 12.0 Å². The van der Waals surface area contributed by atoms with Gasteiger partial charge in [0, 0.05) is 19.7 Å². The van der Waals surface area contributed by atoms with Gasteiger partial charge in [-0.2, -0.15) is 0 Å². The lowest BCUT2D eigenvalue weighted by molar-refractivity contribution is 0.0658. The van der Waals surface area contributed by atoms with E-state index in [1.807, 2.05) is 0 Å². The Kier molecular flexibility index (Phi) is 6.27. The van der Waals surface area contributed by atoms with E-state index in [-0.39, 0.29) is 0 Å². The Hall–Kier alpha value is -0.840. The molecule has 1 fully saturated rings. The van der Waals surface area contributed by atoms with Crippen molar-refractivity contribution in [2.24, 2.45) is 5.92 Å². The third-order valence-corrected chi connectivity index (χ3v) is 3.83. The van der Waals surface area contributed by atoms with Gasteiger partial charge in [0.05, 0.1) is 19.2 Å². The van der Waals surface area contributed by atoms with Gasteiger partial charge >= 0.3 is 0 Å². The zero-order valence-electron chi connectivity index (χ0n) is 13.9. The molecule has 0 aromatic carbocycles.